The van der Waals surface area contributed by atoms with Crippen LogP contribution in [0.5, 0.6) is 0 Å². The molecule has 47 heavy (non-hydrogen) atoms. The SMILES string of the molecule is CCCCCCCCCCCC(=O)OCC1(COC(=O)CCCCCCCCCCC)CCN(C(=O)CCCN2CCOCC2)CC1. The average molecular weight is 665 g/mol. The van der Waals surface area contributed by atoms with Gasteiger partial charge in [-0.15, -0.1) is 0 Å². The lowest BCUT2D eigenvalue weighted by Crippen LogP contribution is -2.47. The Bertz CT molecular complexity index is 767. The largest absolute Gasteiger partial charge is 0.465 e. The molecular formula is C39H72N2O6. The fourth-order valence-corrected chi connectivity index (χ4v) is 6.77. The van der Waals surface area contributed by atoms with Gasteiger partial charge in [0.15, 0.2) is 0 Å². The van der Waals surface area contributed by atoms with Crippen molar-refractivity contribution >= 4 is 17.8 Å². The normalized spacial score (nSPS) is 16.7. The summed E-state index contributed by atoms with van der Waals surface area (Å²) in [5, 5.41) is 0. The molecule has 0 radical (unpaired) electrons. The Morgan fingerprint density at radius 1 is 0.553 bits per heavy atom. The molecule has 2 fully saturated rings. The van der Waals surface area contributed by atoms with Gasteiger partial charge in [0.05, 0.1) is 13.2 Å². The Morgan fingerprint density at radius 3 is 1.43 bits per heavy atom. The standard InChI is InChI=1S/C39H72N2O6/c1-3-5-7-9-11-13-15-17-19-23-37(43)46-34-39(35-47-38(44)24-20-18-16-14-12-10-8-6-4-2)25-28-41(29-26-39)36(42)22-21-27-40-30-32-45-33-31-40/h3-35H2,1-2H3. The number of hydrogen-bond donors (Lipinski definition) is 0. The average Bonchev–Trinajstić information content (AvgIpc) is 3.09. The second-order valence-electron chi connectivity index (χ2n) is 14.4. The van der Waals surface area contributed by atoms with Gasteiger partial charge in [0.25, 0.3) is 0 Å². The topological polar surface area (TPSA) is 85.4 Å². The van der Waals surface area contributed by atoms with Gasteiger partial charge in [0.1, 0.15) is 13.2 Å². The fourth-order valence-electron chi connectivity index (χ4n) is 6.77. The molecule has 0 aromatic rings. The van der Waals surface area contributed by atoms with Crippen LogP contribution in [0.25, 0.3) is 0 Å². The monoisotopic (exact) mass is 665 g/mol. The molecule has 2 aliphatic heterocycles. The number of carbonyl (C=O) groups excluding carboxylic acids is 3. The molecule has 0 aromatic carbocycles. The summed E-state index contributed by atoms with van der Waals surface area (Å²) < 4.78 is 17.1. The summed E-state index contributed by atoms with van der Waals surface area (Å²) in [7, 11) is 0. The number of morpholine rings is 1. The highest BCUT2D eigenvalue weighted by Gasteiger charge is 2.38. The highest BCUT2D eigenvalue weighted by atomic mass is 16.5. The van der Waals surface area contributed by atoms with Crippen molar-refractivity contribution in [2.24, 2.45) is 5.41 Å². The van der Waals surface area contributed by atoms with Crippen molar-refractivity contribution in [2.75, 3.05) is 59.2 Å². The van der Waals surface area contributed by atoms with Crippen LogP contribution < -0.4 is 0 Å². The number of esters is 2. The van der Waals surface area contributed by atoms with E-state index < -0.39 is 5.41 Å². The first-order chi connectivity index (χ1) is 23.0. The third kappa shape index (κ3) is 20.4. The van der Waals surface area contributed by atoms with Crippen molar-refractivity contribution < 1.29 is 28.6 Å². The summed E-state index contributed by atoms with van der Waals surface area (Å²) >= 11 is 0. The number of unbranched alkanes of at least 4 members (excludes halogenated alkanes) is 16. The van der Waals surface area contributed by atoms with Crippen LogP contribution in [0.4, 0.5) is 0 Å². The Hall–Kier alpha value is -1.67. The number of hydrogen-bond acceptors (Lipinski definition) is 7. The Balaban J connectivity index is 1.73. The maximum atomic E-state index is 13.0. The predicted octanol–water partition coefficient (Wildman–Crippen LogP) is 8.64. The number of likely N-dealkylation sites (tertiary alicyclic amines) is 1. The summed E-state index contributed by atoms with van der Waals surface area (Å²) in [6.45, 7) is 10.6. The Kier molecular flexibility index (Phi) is 24.0. The number of amides is 1. The molecule has 0 N–H and O–H groups in total. The molecule has 0 saturated carbocycles. The summed E-state index contributed by atoms with van der Waals surface area (Å²) in [6, 6.07) is 0. The maximum Gasteiger partial charge on any atom is 0.305 e. The van der Waals surface area contributed by atoms with Gasteiger partial charge >= 0.3 is 11.9 Å². The van der Waals surface area contributed by atoms with Crippen LogP contribution in [0.15, 0.2) is 0 Å². The van der Waals surface area contributed by atoms with Gasteiger partial charge < -0.3 is 19.1 Å². The van der Waals surface area contributed by atoms with E-state index in [0.717, 1.165) is 65.0 Å². The first-order valence-electron chi connectivity index (χ1n) is 19.9. The molecule has 2 rings (SSSR count). The van der Waals surface area contributed by atoms with Crippen molar-refractivity contribution in [1.29, 1.82) is 0 Å². The number of piperidine rings is 1. The van der Waals surface area contributed by atoms with E-state index in [9.17, 15) is 14.4 Å². The van der Waals surface area contributed by atoms with Crippen molar-refractivity contribution in [3.8, 4) is 0 Å². The minimum absolute atomic E-state index is 0.157. The van der Waals surface area contributed by atoms with E-state index in [2.05, 4.69) is 18.7 Å². The lowest BCUT2D eigenvalue weighted by atomic mass is 9.79. The number of nitrogens with zero attached hydrogens (tertiary/aromatic N) is 2. The maximum absolute atomic E-state index is 13.0. The van der Waals surface area contributed by atoms with Gasteiger partial charge in [-0.3, -0.25) is 19.3 Å². The van der Waals surface area contributed by atoms with E-state index in [1.807, 2.05) is 4.90 Å². The summed E-state index contributed by atoms with van der Waals surface area (Å²) in [6.07, 6.45) is 25.4. The number of ether oxygens (including phenoxy) is 3. The highest BCUT2D eigenvalue weighted by Crippen LogP contribution is 2.33. The molecule has 2 aliphatic rings. The molecule has 8 heteroatoms. The highest BCUT2D eigenvalue weighted by molar-refractivity contribution is 5.76. The van der Waals surface area contributed by atoms with Crippen LogP contribution in [0.1, 0.15) is 168 Å². The summed E-state index contributed by atoms with van der Waals surface area (Å²) in [4.78, 5) is 42.7. The lowest BCUT2D eigenvalue weighted by molar-refractivity contribution is -0.158. The molecule has 8 nitrogen and oxygen atoms in total. The Labute approximate surface area is 288 Å². The van der Waals surface area contributed by atoms with Crippen molar-refractivity contribution in [1.82, 2.24) is 9.80 Å². The summed E-state index contributed by atoms with van der Waals surface area (Å²) in [5.74, 6) is -0.124. The molecule has 0 atom stereocenters. The zero-order valence-electron chi connectivity index (χ0n) is 30.7. The van der Waals surface area contributed by atoms with Crippen LogP contribution in [0.2, 0.25) is 0 Å². The van der Waals surface area contributed by atoms with Crippen molar-refractivity contribution in [3.05, 3.63) is 0 Å². The molecular weight excluding hydrogens is 592 g/mol. The van der Waals surface area contributed by atoms with Gasteiger partial charge in [-0.25, -0.2) is 0 Å². The fraction of sp³-hybridized carbons (Fsp3) is 0.923. The van der Waals surface area contributed by atoms with Crippen LogP contribution >= 0.6 is 0 Å². The third-order valence-corrected chi connectivity index (χ3v) is 10.2. The molecule has 2 saturated heterocycles. The van der Waals surface area contributed by atoms with Gasteiger partial charge in [-0.2, -0.15) is 0 Å². The van der Waals surface area contributed by atoms with E-state index in [-0.39, 0.29) is 31.1 Å². The summed E-state index contributed by atoms with van der Waals surface area (Å²) in [5.41, 5.74) is -0.424. The molecule has 0 unspecified atom stereocenters. The lowest BCUT2D eigenvalue weighted by Gasteiger charge is -2.41. The molecule has 0 aromatic heterocycles. The number of carbonyl (C=O) groups is 3. The second-order valence-corrected chi connectivity index (χ2v) is 14.4. The number of rotatable bonds is 28. The van der Waals surface area contributed by atoms with E-state index in [0.29, 0.717) is 45.2 Å². The van der Waals surface area contributed by atoms with Gasteiger partial charge in [0, 0.05) is 50.9 Å². The smallest absolute Gasteiger partial charge is 0.305 e. The molecule has 0 aliphatic carbocycles. The molecule has 0 bridgehead atoms. The quantitative estimate of drug-likeness (QED) is 0.0611. The van der Waals surface area contributed by atoms with E-state index in [1.54, 1.807) is 0 Å². The van der Waals surface area contributed by atoms with Gasteiger partial charge in [0.2, 0.25) is 5.91 Å². The van der Waals surface area contributed by atoms with Crippen LogP contribution in [-0.2, 0) is 28.6 Å². The van der Waals surface area contributed by atoms with Crippen LogP contribution in [0.3, 0.4) is 0 Å². The minimum atomic E-state index is -0.424. The molecule has 2 heterocycles. The van der Waals surface area contributed by atoms with Crippen LogP contribution in [-0.4, -0.2) is 86.8 Å². The first-order valence-corrected chi connectivity index (χ1v) is 19.9. The second kappa shape index (κ2) is 27.2. The molecule has 0 spiro atoms. The van der Waals surface area contributed by atoms with Gasteiger partial charge in [-0.1, -0.05) is 117 Å². The van der Waals surface area contributed by atoms with E-state index in [4.69, 9.17) is 14.2 Å². The predicted molar refractivity (Wildman–Crippen MR) is 190 cm³/mol. The zero-order valence-corrected chi connectivity index (χ0v) is 30.7. The van der Waals surface area contributed by atoms with Crippen molar-refractivity contribution in [2.45, 2.75) is 168 Å². The van der Waals surface area contributed by atoms with Crippen molar-refractivity contribution in [3.63, 3.8) is 0 Å². The van der Waals surface area contributed by atoms with E-state index in [1.165, 1.54) is 89.9 Å². The van der Waals surface area contributed by atoms with Crippen LogP contribution in [0, 0.1) is 5.41 Å². The zero-order chi connectivity index (χ0) is 33.8. The minimum Gasteiger partial charge on any atom is -0.465 e. The van der Waals surface area contributed by atoms with E-state index >= 15 is 0 Å². The third-order valence-electron chi connectivity index (χ3n) is 10.2. The Morgan fingerprint density at radius 2 is 0.979 bits per heavy atom. The van der Waals surface area contributed by atoms with Gasteiger partial charge in [-0.05, 0) is 38.6 Å². The first kappa shape index (κ1) is 41.5. The molecule has 1 amide bonds. The molecule has 274 valence electrons.